The molecule has 12 rings (SSSR count). The number of H-pyrrole nitrogens is 2. The van der Waals surface area contributed by atoms with Gasteiger partial charge in [0.2, 0.25) is 30.1 Å². The minimum Gasteiger partial charge on any atom is -0.565 e. The van der Waals surface area contributed by atoms with E-state index < -0.39 is 63.2 Å². The second-order valence-corrected chi connectivity index (χ2v) is 28.1. The van der Waals surface area contributed by atoms with Gasteiger partial charge in [0.1, 0.15) is 59.3 Å². The van der Waals surface area contributed by atoms with Gasteiger partial charge in [-0.3, -0.25) is 14.0 Å². The average molecular weight is 1360 g/mol. The summed E-state index contributed by atoms with van der Waals surface area (Å²) in [4.78, 5) is 49.5. The zero-order valence-electron chi connectivity index (χ0n) is 47.7. The van der Waals surface area contributed by atoms with Gasteiger partial charge in [-0.25, -0.2) is 65.7 Å². The van der Waals surface area contributed by atoms with Gasteiger partial charge in [-0.05, 0) is 48.1 Å². The number of rotatable bonds is 18. The van der Waals surface area contributed by atoms with E-state index in [2.05, 4.69) is 82.7 Å². The third-order valence-electron chi connectivity index (χ3n) is 14.9. The first kappa shape index (κ1) is 70.1. The number of hydrogen-bond donors (Lipinski definition) is 5. The van der Waals surface area contributed by atoms with Crippen molar-refractivity contribution in [1.82, 2.24) is 86.7 Å². The molecule has 0 amide bonds. The molecule has 2 unspecified atom stereocenters. The van der Waals surface area contributed by atoms with Crippen LogP contribution in [-0.2, 0) is 71.9 Å². The lowest BCUT2D eigenvalue weighted by Gasteiger charge is -2.47. The maximum Gasteiger partial charge on any atom is 0.521 e. The van der Waals surface area contributed by atoms with E-state index in [4.69, 9.17) is 29.4 Å². The monoisotopic (exact) mass is 1360 g/mol. The summed E-state index contributed by atoms with van der Waals surface area (Å²) in [5.74, 6) is 0.125. The van der Waals surface area contributed by atoms with Gasteiger partial charge in [-0.1, -0.05) is 7.43 Å². The van der Waals surface area contributed by atoms with Crippen LogP contribution in [0, 0.1) is 34.0 Å². The van der Waals surface area contributed by atoms with E-state index in [0.29, 0.717) is 11.3 Å². The van der Waals surface area contributed by atoms with Crippen LogP contribution in [-0.4, -0.2) is 184 Å². The molecule has 9 aromatic rings. The Kier molecular flexibility index (Phi) is 22.5. The first-order valence-corrected chi connectivity index (χ1v) is 33.6. The summed E-state index contributed by atoms with van der Waals surface area (Å²) in [5, 5.41) is 67.0. The van der Waals surface area contributed by atoms with Gasteiger partial charge < -0.3 is 29.4 Å². The highest BCUT2D eigenvalue weighted by Crippen LogP contribution is 2.39. The van der Waals surface area contributed by atoms with Crippen molar-refractivity contribution in [3.63, 3.8) is 0 Å². The first-order valence-electron chi connectivity index (χ1n) is 26.6. The van der Waals surface area contributed by atoms with Crippen molar-refractivity contribution in [2.75, 3.05) is 56.5 Å². The second-order valence-electron chi connectivity index (χ2n) is 20.1. The Balaban J connectivity index is 0.000000232. The number of fused-ring (bicyclic) bond motifs is 3. The molecule has 41 heteroatoms. The van der Waals surface area contributed by atoms with E-state index in [1.807, 2.05) is 30.6 Å². The minimum atomic E-state index is -3.30. The fraction of sp³-hybridized carbons (Fsp3) is 0.400. The van der Waals surface area contributed by atoms with Crippen LogP contribution in [0.4, 0.5) is 0 Å². The molecule has 36 nitrogen and oxygen atoms in total. The molecule has 5 N–H and O–H groups in total. The zero-order valence-corrected chi connectivity index (χ0v) is 51.9. The normalized spacial score (nSPS) is 16.1. The summed E-state index contributed by atoms with van der Waals surface area (Å²) in [6, 6.07) is 12.1. The molecule has 0 aromatic carbocycles. The molecule has 0 bridgehead atoms. The minimum absolute atomic E-state index is 0. The summed E-state index contributed by atoms with van der Waals surface area (Å²) in [5.41, 5.74) is 4.59. The SMILES string of the molecule is C.CCS(=O)(=O)N1CC(CC#N)(n2cc(-c3ncnc4[nH]ccc34)cn2)C1.CCS(=O)(=O)N1CC(CC#N)(n2cc(-c3ncnc4[nH]ccc34)cn2)C1.CCS(=O)(=O)N1CC(CC#N)(n2cc(-c3ncnc4c3ccn4CO)cn2)C1.O=[P+]([O-])OO.O=[P+]([O-])OO.[HH].[HH]. The average Bonchev–Trinajstić information content (AvgIpc) is 1.59. The predicted molar refractivity (Wildman–Crippen MR) is 323 cm³/mol. The number of nitriles is 3. The number of nitrogens with zero attached hydrogens (tertiary/aromatic N) is 19. The molecule has 3 saturated heterocycles. The van der Waals surface area contributed by atoms with Crippen molar-refractivity contribution in [2.45, 2.75) is 70.8 Å². The summed E-state index contributed by atoms with van der Waals surface area (Å²) in [6.07, 6.45) is 20.7. The van der Waals surface area contributed by atoms with E-state index in [1.54, 1.807) is 82.8 Å². The van der Waals surface area contributed by atoms with Gasteiger partial charge in [0.05, 0.1) is 90.4 Å². The molecule has 486 valence electrons. The quantitative estimate of drug-likeness (QED) is 0.0468. The Labute approximate surface area is 524 Å². The number of sulfonamides is 3. The number of aliphatic hydroxyl groups is 1. The largest absolute Gasteiger partial charge is 0.565 e. The number of aromatic amines is 2. The van der Waals surface area contributed by atoms with Crippen LogP contribution in [0.3, 0.4) is 0 Å². The molecule has 3 aliphatic rings. The fourth-order valence-electron chi connectivity index (χ4n) is 10.1. The van der Waals surface area contributed by atoms with Gasteiger partial charge in [0.15, 0.2) is 0 Å². The van der Waals surface area contributed by atoms with E-state index in [0.717, 1.165) is 55.5 Å². The Hall–Kier alpha value is -8.39. The Morgan fingerprint density at radius 2 is 0.890 bits per heavy atom. The van der Waals surface area contributed by atoms with Crippen molar-refractivity contribution in [1.29, 1.82) is 15.8 Å². The summed E-state index contributed by atoms with van der Waals surface area (Å²) >= 11 is 0. The van der Waals surface area contributed by atoms with Crippen LogP contribution >= 0.6 is 16.5 Å². The first-order chi connectivity index (χ1) is 43.0. The molecule has 2 atom stereocenters. The third-order valence-corrected chi connectivity index (χ3v) is 20.5. The Bertz CT molecular complexity index is 4360. The van der Waals surface area contributed by atoms with Gasteiger partial charge in [0, 0.05) is 122 Å². The summed E-state index contributed by atoms with van der Waals surface area (Å²) < 4.78 is 106. The molecule has 0 saturated carbocycles. The van der Waals surface area contributed by atoms with Crippen molar-refractivity contribution in [3.05, 3.63) is 93.0 Å². The van der Waals surface area contributed by atoms with Crippen LogP contribution in [0.5, 0.6) is 0 Å². The summed E-state index contributed by atoms with van der Waals surface area (Å²) in [7, 11) is -15.9. The number of aromatic nitrogens is 15. The molecule has 9 aromatic heterocycles. The van der Waals surface area contributed by atoms with Gasteiger partial charge in [0.25, 0.3) is 0 Å². The maximum atomic E-state index is 12.1. The van der Waals surface area contributed by atoms with E-state index in [1.165, 1.54) is 31.9 Å². The molecule has 3 fully saturated rings. The molecular weight excluding hydrogens is 1290 g/mol. The van der Waals surface area contributed by atoms with E-state index >= 15 is 0 Å². The summed E-state index contributed by atoms with van der Waals surface area (Å²) in [6.45, 7) is 6.09. The molecular formula is C50H63N21O15P2S3. The molecule has 3 aliphatic heterocycles. The van der Waals surface area contributed by atoms with Crippen LogP contribution in [0.2, 0.25) is 0 Å². The highest BCUT2D eigenvalue weighted by atomic mass is 32.2. The maximum absolute atomic E-state index is 12.1. The topological polar surface area (TPSA) is 510 Å². The molecule has 0 spiro atoms. The van der Waals surface area contributed by atoms with Crippen molar-refractivity contribution >= 4 is 79.7 Å². The molecule has 91 heavy (non-hydrogen) atoms. The Morgan fingerprint density at radius 3 is 1.19 bits per heavy atom. The van der Waals surface area contributed by atoms with Gasteiger partial charge in [-0.15, -0.1) is 0 Å². The van der Waals surface area contributed by atoms with Crippen molar-refractivity contribution in [2.24, 2.45) is 0 Å². The zero-order chi connectivity index (χ0) is 65.2. The van der Waals surface area contributed by atoms with Crippen LogP contribution in [0.1, 0.15) is 50.3 Å². The van der Waals surface area contributed by atoms with Crippen molar-refractivity contribution < 1.29 is 72.0 Å². The lowest BCUT2D eigenvalue weighted by molar-refractivity contribution is -0.245. The lowest BCUT2D eigenvalue weighted by atomic mass is 9.89. The van der Waals surface area contributed by atoms with Crippen molar-refractivity contribution in [3.8, 4) is 52.0 Å². The highest BCUT2D eigenvalue weighted by molar-refractivity contribution is 7.89. The molecule has 0 aliphatic carbocycles. The van der Waals surface area contributed by atoms with Crippen LogP contribution in [0.15, 0.2) is 93.0 Å². The standard InChI is InChI=1S/C17H19N7O3S.2C16H17N7O2S.CH4.2HO4P.2H2/c1-2-28(26,27)23-9-17(10-23,4-5-18)24-8-13(7-21-24)15-14-3-6-22(12-25)16(14)20-11-19-15;2*1-2-26(24,25)22-9-16(10-22,4-5-17)23-8-12(7-21-23)14-13-3-6-18-15(13)20-11-19-14;;2*1-4-5(2)3;;/h3,6-8,11,25H,2,4,9-10,12H2,1H3;2*3,6-8,11H,2,4,9-10H2,1H3,(H,18,19,20);1H4;2*1H;2*1H. The molecule has 12 heterocycles. The van der Waals surface area contributed by atoms with Gasteiger partial charge in [-0.2, -0.15) is 44.0 Å². The Morgan fingerprint density at radius 1 is 0.571 bits per heavy atom. The van der Waals surface area contributed by atoms with E-state index in [-0.39, 0.29) is 92.8 Å². The van der Waals surface area contributed by atoms with E-state index in [9.17, 15) is 46.1 Å². The highest BCUT2D eigenvalue weighted by Gasteiger charge is 2.52. The number of hydrogen-bond acceptors (Lipinski definition) is 27. The predicted octanol–water partition coefficient (Wildman–Crippen LogP) is 2.83. The van der Waals surface area contributed by atoms with Crippen LogP contribution in [0.25, 0.3) is 66.9 Å². The second kappa shape index (κ2) is 29.3. The smallest absolute Gasteiger partial charge is 0.521 e. The fourth-order valence-corrected chi connectivity index (χ4v) is 13.8. The molecule has 0 radical (unpaired) electrons. The third kappa shape index (κ3) is 14.9. The number of nitrogens with one attached hydrogen (secondary N) is 2. The lowest BCUT2D eigenvalue weighted by Crippen LogP contribution is -2.64. The van der Waals surface area contributed by atoms with Gasteiger partial charge >= 0.3 is 16.5 Å². The number of aliphatic hydroxyl groups excluding tert-OH is 1. The van der Waals surface area contributed by atoms with Crippen LogP contribution < -0.4 is 9.79 Å².